The maximum Gasteiger partial charge on any atom is 0.307 e. The van der Waals surface area contributed by atoms with Crippen LogP contribution >= 0.6 is 0 Å². The first-order valence-corrected chi connectivity index (χ1v) is 17.1. The van der Waals surface area contributed by atoms with Gasteiger partial charge in [0.1, 0.15) is 30.0 Å². The second-order valence-corrected chi connectivity index (χ2v) is 14.3. The number of hydrogen-bond acceptors (Lipinski definition) is 10. The minimum Gasteiger partial charge on any atom is -0.458 e. The summed E-state index contributed by atoms with van der Waals surface area (Å²) in [5, 5.41) is 34.8. The maximum atomic E-state index is 13.8. The Kier molecular flexibility index (Phi) is 8.61. The summed E-state index contributed by atoms with van der Waals surface area (Å²) < 4.78 is 33.1. The van der Waals surface area contributed by atoms with Crippen LogP contribution in [0, 0.1) is 17.8 Å². The van der Waals surface area contributed by atoms with Crippen molar-refractivity contribution in [2.24, 2.45) is 17.8 Å². The Balaban J connectivity index is 1.51. The number of hydrogen-bond donors (Lipinski definition) is 3. The highest BCUT2D eigenvalue weighted by atomic mass is 16.9. The van der Waals surface area contributed by atoms with Crippen LogP contribution in [0.15, 0.2) is 48.1 Å². The molecule has 12 atom stereocenters. The summed E-state index contributed by atoms with van der Waals surface area (Å²) in [5.41, 5.74) is -6.12. The molecule has 5 fully saturated rings. The van der Waals surface area contributed by atoms with Crippen molar-refractivity contribution >= 4 is 11.8 Å². The SMILES string of the molecule is C=C(C)[C@@]12O[C@@]3(/C=C/C=C/CCCCC)O[C@@H]1[C@@H]1[C@@H]4O[C@]4(CO)[C@@H](O)[C@]4(O)C(=O)C(C)=C[C@H]4[C@@]1(O3)[C@H](C)[C@H]2OC(=O)CCCCC. The second-order valence-electron chi connectivity index (χ2n) is 14.3. The van der Waals surface area contributed by atoms with Crippen LogP contribution < -0.4 is 0 Å². The van der Waals surface area contributed by atoms with E-state index in [4.69, 9.17) is 23.7 Å². The van der Waals surface area contributed by atoms with Crippen molar-refractivity contribution in [1.82, 2.24) is 0 Å². The zero-order valence-corrected chi connectivity index (χ0v) is 27.7. The molecule has 46 heavy (non-hydrogen) atoms. The highest BCUT2D eigenvalue weighted by Crippen LogP contribution is 2.73. The Morgan fingerprint density at radius 1 is 1.09 bits per heavy atom. The molecule has 10 nitrogen and oxygen atoms in total. The average Bonchev–Trinajstić information content (AvgIpc) is 3.65. The number of ether oxygens (including phenoxy) is 5. The Bertz CT molecular complexity index is 1350. The van der Waals surface area contributed by atoms with E-state index in [9.17, 15) is 24.9 Å². The predicted molar refractivity (Wildman–Crippen MR) is 167 cm³/mol. The molecule has 6 aliphatic rings. The lowest BCUT2D eigenvalue weighted by Gasteiger charge is -2.61. The molecule has 0 radical (unpaired) electrons. The van der Waals surface area contributed by atoms with Crippen molar-refractivity contribution in [2.45, 2.75) is 139 Å². The summed E-state index contributed by atoms with van der Waals surface area (Å²) in [6.45, 7) is 13.1. The zero-order valence-electron chi connectivity index (χ0n) is 27.7. The van der Waals surface area contributed by atoms with E-state index in [1.807, 2.05) is 13.0 Å². The Hall–Kier alpha value is -2.18. The van der Waals surface area contributed by atoms with Gasteiger partial charge in [0.05, 0.1) is 12.2 Å². The van der Waals surface area contributed by atoms with Gasteiger partial charge in [0.2, 0.25) is 0 Å². The molecule has 0 aromatic heterocycles. The standard InChI is InChI=1S/C36H50O10/c1-7-9-11-12-13-14-16-18-33-44-30-26-29-32(20-37,43-29)31(40)34(41)24(19-22(5)27(34)39)36(26,46-33)23(6)28(35(30,45-33)21(3)4)42-25(38)17-15-10-8-2/h13-14,16,18-19,23-24,26,28-31,37,40-41H,3,7-12,15,17,20H2,1-2,4-6H3/b14-13+,18-16+/t23-,24-,26+,28-,29+,30-,31-,32+,33-,34-,35+,36+/m1/s1. The van der Waals surface area contributed by atoms with E-state index < -0.39 is 88.9 Å². The molecule has 0 aromatic carbocycles. The molecule has 254 valence electrons. The molecule has 2 saturated carbocycles. The highest BCUT2D eigenvalue weighted by molar-refractivity contribution is 6.05. The van der Waals surface area contributed by atoms with Gasteiger partial charge in [0.15, 0.2) is 17.0 Å². The smallest absolute Gasteiger partial charge is 0.307 e. The van der Waals surface area contributed by atoms with Gasteiger partial charge in [0, 0.05) is 30.3 Å². The van der Waals surface area contributed by atoms with Gasteiger partial charge in [-0.1, -0.05) is 77.3 Å². The molecule has 0 unspecified atom stereocenters. The van der Waals surface area contributed by atoms with Crippen LogP contribution in [-0.4, -0.2) is 86.5 Å². The van der Waals surface area contributed by atoms with Crippen LogP contribution in [0.5, 0.6) is 0 Å². The lowest BCUT2D eigenvalue weighted by Crippen LogP contribution is -2.76. The van der Waals surface area contributed by atoms with E-state index in [2.05, 4.69) is 26.5 Å². The zero-order chi connectivity index (χ0) is 33.3. The summed E-state index contributed by atoms with van der Waals surface area (Å²) >= 11 is 0. The number of carbonyl (C=O) groups is 2. The van der Waals surface area contributed by atoms with Crippen LogP contribution in [0.2, 0.25) is 0 Å². The lowest BCUT2D eigenvalue weighted by molar-refractivity contribution is -0.407. The maximum absolute atomic E-state index is 13.8. The number of epoxide rings is 1. The highest BCUT2D eigenvalue weighted by Gasteiger charge is 2.90. The number of ketones is 1. The summed E-state index contributed by atoms with van der Waals surface area (Å²) in [7, 11) is 0. The number of aliphatic hydroxyl groups excluding tert-OH is 2. The van der Waals surface area contributed by atoms with E-state index in [1.54, 1.807) is 32.1 Å². The third-order valence-corrected chi connectivity index (χ3v) is 11.5. The Morgan fingerprint density at radius 2 is 1.80 bits per heavy atom. The van der Waals surface area contributed by atoms with Gasteiger partial charge in [-0.3, -0.25) is 9.59 Å². The second kappa shape index (κ2) is 11.8. The fourth-order valence-corrected chi connectivity index (χ4v) is 9.21. The molecule has 0 amide bonds. The molecular formula is C36H50O10. The van der Waals surface area contributed by atoms with Crippen molar-refractivity contribution in [3.8, 4) is 0 Å². The minimum atomic E-state index is -2.38. The minimum absolute atomic E-state index is 0.211. The van der Waals surface area contributed by atoms with E-state index >= 15 is 0 Å². The molecule has 3 heterocycles. The molecule has 3 aliphatic carbocycles. The molecule has 3 bridgehead atoms. The van der Waals surface area contributed by atoms with Crippen LogP contribution in [0.4, 0.5) is 0 Å². The molecule has 0 spiro atoms. The van der Waals surface area contributed by atoms with Gasteiger partial charge in [-0.15, -0.1) is 0 Å². The first-order chi connectivity index (χ1) is 21.9. The molecule has 6 rings (SSSR count). The normalized spacial score (nSPS) is 46.7. The van der Waals surface area contributed by atoms with Gasteiger partial charge in [-0.05, 0) is 44.3 Å². The molecular weight excluding hydrogens is 592 g/mol. The number of allylic oxidation sites excluding steroid dienone is 3. The van der Waals surface area contributed by atoms with Crippen molar-refractivity contribution in [3.63, 3.8) is 0 Å². The van der Waals surface area contributed by atoms with E-state index in [1.165, 1.54) is 0 Å². The van der Waals surface area contributed by atoms with E-state index in [-0.39, 0.29) is 12.0 Å². The van der Waals surface area contributed by atoms with Crippen LogP contribution in [0.25, 0.3) is 0 Å². The van der Waals surface area contributed by atoms with Gasteiger partial charge in [-0.25, -0.2) is 0 Å². The number of unbranched alkanes of at least 4 members (excludes halogenated alkanes) is 5. The molecule has 10 heteroatoms. The monoisotopic (exact) mass is 642 g/mol. The van der Waals surface area contributed by atoms with Crippen molar-refractivity contribution < 1.29 is 48.6 Å². The number of carbonyl (C=O) groups excluding carboxylic acids is 2. The molecule has 3 N–H and O–H groups in total. The molecule has 0 aromatic rings. The van der Waals surface area contributed by atoms with Gasteiger partial charge in [-0.2, -0.15) is 0 Å². The number of aliphatic hydroxyl groups is 3. The topological polar surface area (TPSA) is 144 Å². The predicted octanol–water partition coefficient (Wildman–Crippen LogP) is 3.97. The van der Waals surface area contributed by atoms with Crippen molar-refractivity contribution in [1.29, 1.82) is 0 Å². The van der Waals surface area contributed by atoms with Gasteiger partial charge < -0.3 is 39.0 Å². The quantitative estimate of drug-likeness (QED) is 0.0888. The van der Waals surface area contributed by atoms with Crippen molar-refractivity contribution in [3.05, 3.63) is 48.1 Å². The van der Waals surface area contributed by atoms with E-state index in [0.29, 0.717) is 12.0 Å². The van der Waals surface area contributed by atoms with Gasteiger partial charge >= 0.3 is 11.9 Å². The first kappa shape index (κ1) is 33.7. The first-order valence-electron chi connectivity index (χ1n) is 17.1. The van der Waals surface area contributed by atoms with Gasteiger partial charge in [0.25, 0.3) is 0 Å². The fraction of sp³-hybridized carbons (Fsp3) is 0.722. The van der Waals surface area contributed by atoms with Crippen LogP contribution in [-0.2, 0) is 33.3 Å². The molecule has 3 aliphatic heterocycles. The Morgan fingerprint density at radius 3 is 2.48 bits per heavy atom. The number of rotatable bonds is 13. The summed E-state index contributed by atoms with van der Waals surface area (Å²) in [4.78, 5) is 27.2. The van der Waals surface area contributed by atoms with Crippen molar-refractivity contribution in [2.75, 3.05) is 6.61 Å². The lowest BCUT2D eigenvalue weighted by atomic mass is 9.53. The summed E-state index contributed by atoms with van der Waals surface area (Å²) in [5.74, 6) is -5.43. The fourth-order valence-electron chi connectivity index (χ4n) is 9.21. The Labute approximate surface area is 271 Å². The van der Waals surface area contributed by atoms with Crippen LogP contribution in [0.3, 0.4) is 0 Å². The average molecular weight is 643 g/mol. The third-order valence-electron chi connectivity index (χ3n) is 11.5. The summed E-state index contributed by atoms with van der Waals surface area (Å²) in [6, 6.07) is 0. The summed E-state index contributed by atoms with van der Waals surface area (Å²) in [6.07, 6.45) is 11.5. The third kappa shape index (κ3) is 4.40. The number of Topliss-reactive ketones (excluding diaryl/α,β-unsaturated/α-hetero) is 1. The van der Waals surface area contributed by atoms with E-state index in [0.717, 1.165) is 38.5 Å². The van der Waals surface area contributed by atoms with Crippen LogP contribution in [0.1, 0.15) is 86.0 Å². The molecule has 3 saturated heterocycles. The number of fused-ring (bicyclic) bond motifs is 3. The number of esters is 1. The largest absolute Gasteiger partial charge is 0.458 e.